The van der Waals surface area contributed by atoms with Crippen molar-refractivity contribution in [3.8, 4) is 11.3 Å². The van der Waals surface area contributed by atoms with Crippen LogP contribution in [0.4, 0.5) is 4.39 Å². The third-order valence-electron chi connectivity index (χ3n) is 2.66. The average Bonchev–Trinajstić information content (AvgIpc) is 2.46. The van der Waals surface area contributed by atoms with Crippen LogP contribution in [-0.2, 0) is 11.5 Å². The maximum atomic E-state index is 12.6. The van der Waals surface area contributed by atoms with Crippen LogP contribution in [0, 0.1) is 0 Å². The van der Waals surface area contributed by atoms with Gasteiger partial charge in [0.1, 0.15) is 11.8 Å². The third kappa shape index (κ3) is 3.42. The lowest BCUT2D eigenvalue weighted by atomic mass is 10.1. The average molecular weight is 292 g/mol. The molecule has 0 unspecified atom stereocenters. The lowest BCUT2D eigenvalue weighted by Crippen LogP contribution is -1.90. The molecular weight excluding hydrogens is 281 g/mol. The lowest BCUT2D eigenvalue weighted by Gasteiger charge is -2.05. The van der Waals surface area contributed by atoms with E-state index >= 15 is 0 Å². The molecule has 0 fully saturated rings. The number of aliphatic carboxylic acids is 1. The number of carbonyl (C=O) groups is 1. The molecule has 2 aromatic rings. The zero-order chi connectivity index (χ0) is 14.5. The standard InChI is InChI=1S/C15H11ClFNO2/c16-15-11(5-7-14(19)20)4-6-13(18-15)12-3-1-2-10(8-12)9-17/h1-8H,9H2,(H,19,20). The number of hydrogen-bond donors (Lipinski definition) is 1. The van der Waals surface area contributed by atoms with E-state index in [1.807, 2.05) is 6.07 Å². The maximum Gasteiger partial charge on any atom is 0.328 e. The van der Waals surface area contributed by atoms with E-state index in [9.17, 15) is 9.18 Å². The number of hydrogen-bond acceptors (Lipinski definition) is 2. The van der Waals surface area contributed by atoms with Crippen LogP contribution in [0.2, 0.25) is 5.15 Å². The summed E-state index contributed by atoms with van der Waals surface area (Å²) in [6.45, 7) is -0.541. The molecule has 1 N–H and O–H groups in total. The molecule has 0 aliphatic carbocycles. The Morgan fingerprint density at radius 3 is 2.80 bits per heavy atom. The van der Waals surface area contributed by atoms with Gasteiger partial charge in [-0.1, -0.05) is 29.8 Å². The van der Waals surface area contributed by atoms with E-state index < -0.39 is 12.6 Å². The smallest absolute Gasteiger partial charge is 0.328 e. The first-order valence-electron chi connectivity index (χ1n) is 5.83. The highest BCUT2D eigenvalue weighted by Crippen LogP contribution is 2.23. The molecule has 1 aromatic carbocycles. The topological polar surface area (TPSA) is 50.2 Å². The van der Waals surface area contributed by atoms with E-state index in [1.165, 1.54) is 6.08 Å². The quantitative estimate of drug-likeness (QED) is 0.685. The molecule has 0 radical (unpaired) electrons. The molecule has 0 bridgehead atoms. The van der Waals surface area contributed by atoms with Crippen LogP contribution >= 0.6 is 11.6 Å². The van der Waals surface area contributed by atoms with Crippen LogP contribution in [0.3, 0.4) is 0 Å². The van der Waals surface area contributed by atoms with Gasteiger partial charge in [-0.2, -0.15) is 0 Å². The number of alkyl halides is 1. The number of rotatable bonds is 4. The molecule has 0 amide bonds. The van der Waals surface area contributed by atoms with Gasteiger partial charge in [0.05, 0.1) is 5.69 Å². The van der Waals surface area contributed by atoms with Crippen molar-refractivity contribution in [2.45, 2.75) is 6.67 Å². The molecule has 20 heavy (non-hydrogen) atoms. The SMILES string of the molecule is O=C(O)C=Cc1ccc(-c2cccc(CF)c2)nc1Cl. The molecule has 3 nitrogen and oxygen atoms in total. The van der Waals surface area contributed by atoms with Crippen LogP contribution in [0.5, 0.6) is 0 Å². The predicted octanol–water partition coefficient (Wildman–Crippen LogP) is 3.97. The molecule has 0 saturated heterocycles. The Labute approximate surface area is 120 Å². The highest BCUT2D eigenvalue weighted by molar-refractivity contribution is 6.31. The Hall–Kier alpha value is -2.20. The zero-order valence-electron chi connectivity index (χ0n) is 10.4. The van der Waals surface area contributed by atoms with Crippen molar-refractivity contribution in [3.63, 3.8) is 0 Å². The first kappa shape index (κ1) is 14.2. The summed E-state index contributed by atoms with van der Waals surface area (Å²) >= 11 is 6.01. The van der Waals surface area contributed by atoms with Crippen molar-refractivity contribution in [1.82, 2.24) is 4.98 Å². The highest BCUT2D eigenvalue weighted by Gasteiger charge is 2.05. The Morgan fingerprint density at radius 1 is 1.35 bits per heavy atom. The van der Waals surface area contributed by atoms with Gasteiger partial charge in [-0.05, 0) is 29.8 Å². The Bertz CT molecular complexity index is 671. The number of carboxylic acid groups (broad SMARTS) is 1. The molecule has 0 atom stereocenters. The van der Waals surface area contributed by atoms with Crippen molar-refractivity contribution in [3.05, 3.63) is 58.8 Å². The van der Waals surface area contributed by atoms with Crippen LogP contribution in [0.15, 0.2) is 42.5 Å². The van der Waals surface area contributed by atoms with E-state index in [2.05, 4.69) is 4.98 Å². The van der Waals surface area contributed by atoms with E-state index in [-0.39, 0.29) is 5.15 Å². The number of nitrogens with zero attached hydrogens (tertiary/aromatic N) is 1. The summed E-state index contributed by atoms with van der Waals surface area (Å²) in [4.78, 5) is 14.7. The second-order valence-electron chi connectivity index (χ2n) is 4.08. The van der Waals surface area contributed by atoms with E-state index in [0.29, 0.717) is 16.8 Å². The number of halogens is 2. The van der Waals surface area contributed by atoms with Crippen LogP contribution in [0.1, 0.15) is 11.1 Å². The van der Waals surface area contributed by atoms with Crippen molar-refractivity contribution in [1.29, 1.82) is 0 Å². The molecule has 0 spiro atoms. The van der Waals surface area contributed by atoms with Crippen LogP contribution < -0.4 is 0 Å². The summed E-state index contributed by atoms with van der Waals surface area (Å²) in [6.07, 6.45) is 2.37. The van der Waals surface area contributed by atoms with Crippen molar-refractivity contribution >= 4 is 23.6 Å². The third-order valence-corrected chi connectivity index (χ3v) is 2.96. The molecule has 0 aliphatic heterocycles. The van der Waals surface area contributed by atoms with Gasteiger partial charge < -0.3 is 5.11 Å². The predicted molar refractivity (Wildman–Crippen MR) is 76.2 cm³/mol. The minimum atomic E-state index is -1.05. The van der Waals surface area contributed by atoms with E-state index in [1.54, 1.807) is 30.3 Å². The Kier molecular flexibility index (Phi) is 4.48. The fourth-order valence-electron chi connectivity index (χ4n) is 1.70. The Balaban J connectivity index is 2.35. The summed E-state index contributed by atoms with van der Waals surface area (Å²) in [6, 6.07) is 10.3. The number of pyridine rings is 1. The highest BCUT2D eigenvalue weighted by atomic mass is 35.5. The molecule has 2 rings (SSSR count). The summed E-state index contributed by atoms with van der Waals surface area (Å²) in [5, 5.41) is 8.77. The van der Waals surface area contributed by atoms with Gasteiger partial charge in [0.15, 0.2) is 0 Å². The molecule has 1 aromatic heterocycles. The van der Waals surface area contributed by atoms with Gasteiger partial charge in [-0.3, -0.25) is 0 Å². The Morgan fingerprint density at radius 2 is 2.15 bits per heavy atom. The summed E-state index contributed by atoms with van der Waals surface area (Å²) in [7, 11) is 0. The van der Waals surface area contributed by atoms with Gasteiger partial charge in [0, 0.05) is 17.2 Å². The van der Waals surface area contributed by atoms with Gasteiger partial charge >= 0.3 is 5.97 Å². The van der Waals surface area contributed by atoms with Gasteiger partial charge in [-0.25, -0.2) is 14.2 Å². The molecule has 102 valence electrons. The van der Waals surface area contributed by atoms with Gasteiger partial charge in [0.2, 0.25) is 0 Å². The van der Waals surface area contributed by atoms with Crippen LogP contribution in [0.25, 0.3) is 17.3 Å². The molecule has 0 saturated carbocycles. The van der Waals surface area contributed by atoms with Gasteiger partial charge in [-0.15, -0.1) is 0 Å². The van der Waals surface area contributed by atoms with Crippen molar-refractivity contribution in [2.75, 3.05) is 0 Å². The van der Waals surface area contributed by atoms with E-state index in [4.69, 9.17) is 16.7 Å². The monoisotopic (exact) mass is 291 g/mol. The minimum absolute atomic E-state index is 0.200. The largest absolute Gasteiger partial charge is 0.478 e. The molecule has 1 heterocycles. The molecule has 5 heteroatoms. The second-order valence-corrected chi connectivity index (χ2v) is 4.44. The normalized spacial score (nSPS) is 10.9. The molecule has 0 aliphatic rings. The lowest BCUT2D eigenvalue weighted by molar-refractivity contribution is -0.131. The van der Waals surface area contributed by atoms with Gasteiger partial charge in [0.25, 0.3) is 0 Å². The summed E-state index contributed by atoms with van der Waals surface area (Å²) in [5.41, 5.74) is 2.45. The fourth-order valence-corrected chi connectivity index (χ4v) is 1.92. The van der Waals surface area contributed by atoms with Crippen molar-refractivity contribution < 1.29 is 14.3 Å². The number of carboxylic acids is 1. The second kappa shape index (κ2) is 6.30. The first-order chi connectivity index (χ1) is 9.60. The fraction of sp³-hybridized carbons (Fsp3) is 0.0667. The molecular formula is C15H11ClFNO2. The summed E-state index contributed by atoms with van der Waals surface area (Å²) < 4.78 is 12.6. The van der Waals surface area contributed by atoms with Crippen molar-refractivity contribution in [2.24, 2.45) is 0 Å². The number of benzene rings is 1. The zero-order valence-corrected chi connectivity index (χ0v) is 11.1. The van der Waals surface area contributed by atoms with Crippen LogP contribution in [-0.4, -0.2) is 16.1 Å². The minimum Gasteiger partial charge on any atom is -0.478 e. The maximum absolute atomic E-state index is 12.6. The van der Waals surface area contributed by atoms with E-state index in [0.717, 1.165) is 11.6 Å². The summed E-state index contributed by atoms with van der Waals surface area (Å²) in [5.74, 6) is -1.05. The number of aromatic nitrogens is 1. The first-order valence-corrected chi connectivity index (χ1v) is 6.21.